The minimum absolute atomic E-state index is 1.12. The summed E-state index contributed by atoms with van der Waals surface area (Å²) in [5, 5.41) is 4.98. The van der Waals surface area contributed by atoms with Crippen LogP contribution < -0.4 is 0 Å². The molecule has 0 bridgehead atoms. The van der Waals surface area contributed by atoms with Crippen LogP contribution in [0.3, 0.4) is 0 Å². The van der Waals surface area contributed by atoms with Gasteiger partial charge in [-0.05, 0) is 139 Å². The van der Waals surface area contributed by atoms with Crippen molar-refractivity contribution in [2.75, 3.05) is 0 Å². The second-order valence-corrected chi connectivity index (χ2v) is 14.0. The maximum atomic E-state index is 2.48. The first-order valence-electron chi connectivity index (χ1n) is 18.4. The molecule has 0 aliphatic heterocycles. The van der Waals surface area contributed by atoms with Crippen LogP contribution in [0.2, 0.25) is 0 Å². The first-order chi connectivity index (χ1) is 26.0. The molecule has 9 aromatic rings. The largest absolute Gasteiger partial charge is 0.308 e. The highest BCUT2D eigenvalue weighted by atomic mass is 15.1. The maximum Gasteiger partial charge on any atom is 0.0733 e. The van der Waals surface area contributed by atoms with Crippen LogP contribution in [0.1, 0.15) is 29.3 Å². The van der Waals surface area contributed by atoms with Gasteiger partial charge in [0.1, 0.15) is 0 Å². The molecule has 0 unspecified atom stereocenters. The quantitative estimate of drug-likeness (QED) is 0.149. The number of fused-ring (bicyclic) bond motifs is 2. The van der Waals surface area contributed by atoms with Crippen LogP contribution in [0.4, 0.5) is 0 Å². The lowest BCUT2D eigenvalue weighted by molar-refractivity contribution is 1.00. The Balaban J connectivity index is 1.37. The highest BCUT2D eigenvalue weighted by Crippen LogP contribution is 2.44. The Morgan fingerprint density at radius 3 is 1.43 bits per heavy atom. The van der Waals surface area contributed by atoms with Crippen molar-refractivity contribution in [3.63, 3.8) is 0 Å². The summed E-state index contributed by atoms with van der Waals surface area (Å²) in [6.07, 6.45) is 4.36. The predicted octanol–water partition coefficient (Wildman–Crippen LogP) is 13.3. The fourth-order valence-corrected chi connectivity index (χ4v) is 8.20. The lowest BCUT2D eigenvalue weighted by Gasteiger charge is -2.20. The fourth-order valence-electron chi connectivity index (χ4n) is 8.20. The molecule has 0 atom stereocenters. The molecule has 0 saturated carbocycles. The van der Waals surface area contributed by atoms with Crippen molar-refractivity contribution in [2.24, 2.45) is 0 Å². The van der Waals surface area contributed by atoms with Gasteiger partial charge >= 0.3 is 0 Å². The Kier molecular flexibility index (Phi) is 8.05. The lowest BCUT2D eigenvalue weighted by atomic mass is 9.98. The Bertz CT molecular complexity index is 2790. The van der Waals surface area contributed by atoms with Gasteiger partial charge in [0.25, 0.3) is 0 Å². The number of benzene rings is 6. The molecule has 3 heterocycles. The number of para-hydroxylation sites is 3. The molecule has 0 fully saturated rings. The molecule has 9 rings (SSSR count). The van der Waals surface area contributed by atoms with Crippen LogP contribution in [0.15, 0.2) is 170 Å². The molecule has 0 aliphatic rings. The molecular formula is C50H41N3. The van der Waals surface area contributed by atoms with Gasteiger partial charge in [0.15, 0.2) is 0 Å². The van der Waals surface area contributed by atoms with Crippen molar-refractivity contribution in [3.8, 4) is 51.1 Å². The van der Waals surface area contributed by atoms with Crippen molar-refractivity contribution >= 4 is 27.6 Å². The summed E-state index contributed by atoms with van der Waals surface area (Å²) >= 11 is 0. The average molecular weight is 684 g/mol. The Morgan fingerprint density at radius 2 is 0.849 bits per heavy atom. The monoisotopic (exact) mass is 683 g/mol. The SMILES string of the molecule is CC=Cc1c(C)cc(-c2c(C)cc(-c3c(C)cc(-c4cccc5cc6ccccc6cc45)n3-c3ccccc3)n2-c2ccccc2)n1-c1ccccc1. The summed E-state index contributed by atoms with van der Waals surface area (Å²) in [5.74, 6) is 0. The fraction of sp³-hybridized carbons (Fsp3) is 0.0800. The van der Waals surface area contributed by atoms with Crippen molar-refractivity contribution < 1.29 is 0 Å². The van der Waals surface area contributed by atoms with Crippen molar-refractivity contribution in [1.82, 2.24) is 13.7 Å². The molecule has 0 amide bonds. The van der Waals surface area contributed by atoms with Crippen molar-refractivity contribution in [2.45, 2.75) is 27.7 Å². The summed E-state index contributed by atoms with van der Waals surface area (Å²) in [5.41, 5.74) is 15.3. The van der Waals surface area contributed by atoms with Crippen LogP contribution in [0.25, 0.3) is 78.7 Å². The second kappa shape index (κ2) is 13.2. The number of aryl methyl sites for hydroxylation is 3. The lowest BCUT2D eigenvalue weighted by Crippen LogP contribution is -2.07. The topological polar surface area (TPSA) is 14.8 Å². The van der Waals surface area contributed by atoms with E-state index < -0.39 is 0 Å². The van der Waals surface area contributed by atoms with Crippen LogP contribution in [-0.4, -0.2) is 13.7 Å². The third-order valence-electron chi connectivity index (χ3n) is 10.5. The van der Waals surface area contributed by atoms with E-state index in [1.165, 1.54) is 66.6 Å². The first-order valence-corrected chi connectivity index (χ1v) is 18.4. The third kappa shape index (κ3) is 5.44. The van der Waals surface area contributed by atoms with Gasteiger partial charge in [-0.15, -0.1) is 0 Å². The first kappa shape index (κ1) is 32.3. The minimum atomic E-state index is 1.12. The molecular weight excluding hydrogens is 643 g/mol. The van der Waals surface area contributed by atoms with E-state index >= 15 is 0 Å². The summed E-state index contributed by atoms with van der Waals surface area (Å²) in [6.45, 7) is 8.83. The van der Waals surface area contributed by atoms with E-state index in [1.807, 2.05) is 0 Å². The van der Waals surface area contributed by atoms with Crippen molar-refractivity contribution in [3.05, 3.63) is 192 Å². The van der Waals surface area contributed by atoms with Gasteiger partial charge in [-0.25, -0.2) is 0 Å². The standard InChI is InChI=1S/C50H41N3/c1-5-18-45-34(2)29-47(51(45)40-22-9-6-10-23-40)49-36(4)31-48(53(49)42-26-13-8-14-27-42)50-35(3)30-46(52(50)41-24-11-7-12-25-41)43-28-17-21-39-32-37-19-15-16-20-38(37)33-44(39)43/h5-33H,1-4H3. The van der Waals surface area contributed by atoms with E-state index in [0.29, 0.717) is 0 Å². The molecule has 0 radical (unpaired) electrons. The number of aromatic nitrogens is 3. The van der Waals surface area contributed by atoms with Gasteiger partial charge in [0, 0.05) is 28.3 Å². The van der Waals surface area contributed by atoms with Gasteiger partial charge in [-0.2, -0.15) is 0 Å². The van der Waals surface area contributed by atoms with Crippen LogP contribution in [0.5, 0.6) is 0 Å². The summed E-state index contributed by atoms with van der Waals surface area (Å²) in [4.78, 5) is 0. The molecule has 0 N–H and O–H groups in total. The van der Waals surface area contributed by atoms with Gasteiger partial charge < -0.3 is 13.7 Å². The maximum absolute atomic E-state index is 2.48. The van der Waals surface area contributed by atoms with E-state index in [1.54, 1.807) is 0 Å². The highest BCUT2D eigenvalue weighted by Gasteiger charge is 2.27. The molecule has 0 aliphatic carbocycles. The summed E-state index contributed by atoms with van der Waals surface area (Å²) in [6, 6.07) is 59.5. The molecule has 256 valence electrons. The highest BCUT2D eigenvalue weighted by molar-refractivity contribution is 6.05. The molecule has 53 heavy (non-hydrogen) atoms. The zero-order valence-electron chi connectivity index (χ0n) is 30.6. The minimum Gasteiger partial charge on any atom is -0.308 e. The van der Waals surface area contributed by atoms with Gasteiger partial charge in [0.2, 0.25) is 0 Å². The zero-order valence-corrected chi connectivity index (χ0v) is 30.6. The molecule has 3 nitrogen and oxygen atoms in total. The molecule has 3 aromatic heterocycles. The second-order valence-electron chi connectivity index (χ2n) is 14.0. The third-order valence-corrected chi connectivity index (χ3v) is 10.5. The molecule has 3 heteroatoms. The molecule has 0 spiro atoms. The molecule has 6 aromatic carbocycles. The van der Waals surface area contributed by atoms with Crippen LogP contribution >= 0.6 is 0 Å². The number of hydrogen-bond acceptors (Lipinski definition) is 0. The Morgan fingerprint density at radius 1 is 0.396 bits per heavy atom. The van der Waals surface area contributed by atoms with E-state index in [2.05, 4.69) is 217 Å². The Hall–Kier alpha value is -6.58. The predicted molar refractivity (Wildman–Crippen MR) is 225 cm³/mol. The van der Waals surface area contributed by atoms with E-state index in [0.717, 1.165) is 28.5 Å². The van der Waals surface area contributed by atoms with Crippen LogP contribution in [-0.2, 0) is 0 Å². The van der Waals surface area contributed by atoms with E-state index in [-0.39, 0.29) is 0 Å². The zero-order chi connectivity index (χ0) is 36.1. The number of hydrogen-bond donors (Lipinski definition) is 0. The van der Waals surface area contributed by atoms with Gasteiger partial charge in [-0.1, -0.05) is 103 Å². The van der Waals surface area contributed by atoms with E-state index in [9.17, 15) is 0 Å². The van der Waals surface area contributed by atoms with Gasteiger partial charge in [0.05, 0.1) is 28.5 Å². The number of allylic oxidation sites excluding steroid dienone is 1. The number of nitrogens with zero attached hydrogens (tertiary/aromatic N) is 3. The smallest absolute Gasteiger partial charge is 0.0733 e. The summed E-state index contributed by atoms with van der Waals surface area (Å²) < 4.78 is 7.37. The van der Waals surface area contributed by atoms with Crippen LogP contribution in [0, 0.1) is 20.8 Å². The normalized spacial score (nSPS) is 11.7. The van der Waals surface area contributed by atoms with E-state index in [4.69, 9.17) is 0 Å². The Labute approximate surface area is 311 Å². The molecule has 0 saturated heterocycles. The summed E-state index contributed by atoms with van der Waals surface area (Å²) in [7, 11) is 0. The number of rotatable bonds is 7. The van der Waals surface area contributed by atoms with Crippen molar-refractivity contribution in [1.29, 1.82) is 0 Å². The van der Waals surface area contributed by atoms with Gasteiger partial charge in [-0.3, -0.25) is 0 Å². The average Bonchev–Trinajstić information content (AvgIpc) is 3.83.